The van der Waals surface area contributed by atoms with Crippen molar-refractivity contribution in [3.8, 4) is 5.75 Å². The van der Waals surface area contributed by atoms with E-state index in [1.54, 1.807) is 0 Å². The van der Waals surface area contributed by atoms with Crippen LogP contribution in [0.1, 0.15) is 38.2 Å². The number of fused-ring (bicyclic) bond motifs is 1. The second-order valence-corrected chi connectivity index (χ2v) is 10.2. The van der Waals surface area contributed by atoms with Crippen LogP contribution in [0.15, 0.2) is 41.4 Å². The van der Waals surface area contributed by atoms with Crippen molar-refractivity contribution in [2.75, 3.05) is 57.6 Å². The third-order valence-corrected chi connectivity index (χ3v) is 7.44. The maximum absolute atomic E-state index is 11.5. The SMILES string of the molecule is CCCNC(=O)OCOC1=Nc2cc(OCCCCN3CCN(c4cccc(Cl)c4Cl)CC3)ccc2CC1. The number of nitrogens with zero attached hydrogens (tertiary/aromatic N) is 3. The summed E-state index contributed by atoms with van der Waals surface area (Å²) in [5.41, 5.74) is 3.02. The topological polar surface area (TPSA) is 75.6 Å². The zero-order chi connectivity index (χ0) is 26.7. The Kier molecular flexibility index (Phi) is 10.8. The van der Waals surface area contributed by atoms with Gasteiger partial charge in [-0.3, -0.25) is 4.90 Å². The number of aliphatic imine (C=N–C) groups is 1. The number of carbonyl (C=O) groups excluding carboxylic acids is 1. The average Bonchev–Trinajstić information content (AvgIpc) is 2.93. The van der Waals surface area contributed by atoms with Gasteiger partial charge in [0.1, 0.15) is 5.75 Å². The van der Waals surface area contributed by atoms with E-state index in [4.69, 9.17) is 37.4 Å². The van der Waals surface area contributed by atoms with Gasteiger partial charge >= 0.3 is 6.09 Å². The molecular weight excluding hydrogens is 527 g/mol. The van der Waals surface area contributed by atoms with Gasteiger partial charge in [-0.05, 0) is 56.0 Å². The highest BCUT2D eigenvalue weighted by Gasteiger charge is 2.19. The molecule has 8 nitrogen and oxygen atoms in total. The van der Waals surface area contributed by atoms with Crippen LogP contribution >= 0.6 is 23.2 Å². The molecule has 4 rings (SSSR count). The fraction of sp³-hybridized carbons (Fsp3) is 0.500. The van der Waals surface area contributed by atoms with Crippen LogP contribution in [0, 0.1) is 0 Å². The largest absolute Gasteiger partial charge is 0.494 e. The number of carbonyl (C=O) groups is 1. The minimum Gasteiger partial charge on any atom is -0.494 e. The van der Waals surface area contributed by atoms with E-state index in [0.29, 0.717) is 35.5 Å². The molecule has 206 valence electrons. The normalized spacial score (nSPS) is 15.4. The molecule has 0 aliphatic carbocycles. The van der Waals surface area contributed by atoms with E-state index in [1.165, 1.54) is 0 Å². The number of amides is 1. The lowest BCUT2D eigenvalue weighted by molar-refractivity contribution is 0.0506. The lowest BCUT2D eigenvalue weighted by atomic mass is 10.0. The molecule has 0 bridgehead atoms. The van der Waals surface area contributed by atoms with Gasteiger partial charge in [0.2, 0.25) is 6.79 Å². The monoisotopic (exact) mass is 562 g/mol. The first-order valence-corrected chi connectivity index (χ1v) is 14.1. The molecule has 2 aromatic rings. The number of halogens is 2. The van der Waals surface area contributed by atoms with Gasteiger partial charge in [0, 0.05) is 45.2 Å². The lowest BCUT2D eigenvalue weighted by Gasteiger charge is -2.36. The number of anilines is 1. The Bertz CT molecular complexity index is 1110. The van der Waals surface area contributed by atoms with Crippen LogP contribution < -0.4 is 15.0 Å². The molecule has 0 spiro atoms. The quantitative estimate of drug-likeness (QED) is 0.265. The Morgan fingerprint density at radius 2 is 1.89 bits per heavy atom. The second kappa shape index (κ2) is 14.5. The number of alkyl carbamates (subject to hydrolysis) is 1. The summed E-state index contributed by atoms with van der Waals surface area (Å²) in [5.74, 6) is 1.37. The van der Waals surface area contributed by atoms with Crippen molar-refractivity contribution in [3.63, 3.8) is 0 Å². The van der Waals surface area contributed by atoms with E-state index in [1.807, 2.05) is 37.3 Å². The summed E-state index contributed by atoms with van der Waals surface area (Å²) in [7, 11) is 0. The van der Waals surface area contributed by atoms with E-state index in [0.717, 1.165) is 81.1 Å². The van der Waals surface area contributed by atoms with E-state index in [9.17, 15) is 4.79 Å². The lowest BCUT2D eigenvalue weighted by Crippen LogP contribution is -2.46. The number of hydrogen-bond donors (Lipinski definition) is 1. The maximum atomic E-state index is 11.5. The fourth-order valence-corrected chi connectivity index (χ4v) is 4.91. The van der Waals surface area contributed by atoms with Gasteiger partial charge in [0.25, 0.3) is 0 Å². The predicted octanol–water partition coefficient (Wildman–Crippen LogP) is 6.06. The van der Waals surface area contributed by atoms with E-state index < -0.39 is 6.09 Å². The molecule has 1 saturated heterocycles. The standard InChI is InChI=1S/C28H36Cl2N4O4/c1-2-12-31-28(35)38-20-37-26-11-9-21-8-10-22(19-24(21)32-26)36-18-4-3-13-33-14-16-34(17-15-33)25-7-5-6-23(29)27(25)30/h5-8,10,19H,2-4,9,11-18,20H2,1H3,(H,31,35). The Balaban J connectivity index is 1.14. The molecule has 1 fully saturated rings. The highest BCUT2D eigenvalue weighted by Crippen LogP contribution is 2.33. The molecule has 2 aromatic carbocycles. The highest BCUT2D eigenvalue weighted by molar-refractivity contribution is 6.43. The van der Waals surface area contributed by atoms with Gasteiger partial charge in [0.15, 0.2) is 5.90 Å². The number of ether oxygens (including phenoxy) is 3. The first kappa shape index (κ1) is 28.3. The summed E-state index contributed by atoms with van der Waals surface area (Å²) in [6, 6.07) is 11.8. The summed E-state index contributed by atoms with van der Waals surface area (Å²) in [5, 5.41) is 3.88. The number of piperazine rings is 1. The molecule has 0 atom stereocenters. The van der Waals surface area contributed by atoms with Gasteiger partial charge in [0.05, 0.1) is 28.0 Å². The van der Waals surface area contributed by atoms with Crippen molar-refractivity contribution >= 4 is 46.6 Å². The molecule has 2 heterocycles. The van der Waals surface area contributed by atoms with Crippen LogP contribution in [0.25, 0.3) is 0 Å². The zero-order valence-electron chi connectivity index (χ0n) is 21.9. The molecule has 10 heteroatoms. The van der Waals surface area contributed by atoms with Crippen LogP contribution in [0.2, 0.25) is 10.0 Å². The van der Waals surface area contributed by atoms with Crippen LogP contribution in [-0.2, 0) is 15.9 Å². The number of aryl methyl sites for hydroxylation is 1. The van der Waals surface area contributed by atoms with Crippen molar-refractivity contribution < 1.29 is 19.0 Å². The zero-order valence-corrected chi connectivity index (χ0v) is 23.4. The number of nitrogens with one attached hydrogen (secondary N) is 1. The van der Waals surface area contributed by atoms with Crippen molar-refractivity contribution in [2.45, 2.75) is 39.0 Å². The summed E-state index contributed by atoms with van der Waals surface area (Å²) in [4.78, 5) is 20.9. The molecule has 2 aliphatic heterocycles. The summed E-state index contributed by atoms with van der Waals surface area (Å²) >= 11 is 12.6. The first-order chi connectivity index (χ1) is 18.5. The van der Waals surface area contributed by atoms with Crippen molar-refractivity contribution in [3.05, 3.63) is 52.0 Å². The molecule has 0 saturated carbocycles. The molecule has 2 aliphatic rings. The van der Waals surface area contributed by atoms with E-state index in [-0.39, 0.29) is 6.79 Å². The number of unbranched alkanes of at least 4 members (excludes halogenated alkanes) is 1. The minimum atomic E-state index is -0.482. The molecule has 1 N–H and O–H groups in total. The fourth-order valence-electron chi connectivity index (χ4n) is 4.49. The smallest absolute Gasteiger partial charge is 0.410 e. The van der Waals surface area contributed by atoms with E-state index in [2.05, 4.69) is 26.2 Å². The van der Waals surface area contributed by atoms with Gasteiger partial charge in [-0.25, -0.2) is 9.79 Å². The van der Waals surface area contributed by atoms with Crippen molar-refractivity contribution in [2.24, 2.45) is 4.99 Å². The van der Waals surface area contributed by atoms with Crippen LogP contribution in [-0.4, -0.2) is 69.6 Å². The highest BCUT2D eigenvalue weighted by atomic mass is 35.5. The summed E-state index contributed by atoms with van der Waals surface area (Å²) in [6.45, 7) is 8.01. The molecule has 0 aromatic heterocycles. The van der Waals surface area contributed by atoms with Crippen molar-refractivity contribution in [1.82, 2.24) is 10.2 Å². The summed E-state index contributed by atoms with van der Waals surface area (Å²) < 4.78 is 16.6. The second-order valence-electron chi connectivity index (χ2n) is 9.37. The van der Waals surface area contributed by atoms with E-state index >= 15 is 0 Å². The Hall–Kier alpha value is -2.68. The van der Waals surface area contributed by atoms with Crippen molar-refractivity contribution in [1.29, 1.82) is 0 Å². The summed E-state index contributed by atoms with van der Waals surface area (Å²) in [6.07, 6.45) is 3.92. The number of benzene rings is 2. The minimum absolute atomic E-state index is 0.149. The third kappa shape index (κ3) is 8.16. The molecule has 0 radical (unpaired) electrons. The molecule has 1 amide bonds. The van der Waals surface area contributed by atoms with Gasteiger partial charge in [-0.1, -0.05) is 42.3 Å². The molecule has 38 heavy (non-hydrogen) atoms. The molecule has 0 unspecified atom stereocenters. The first-order valence-electron chi connectivity index (χ1n) is 13.3. The Morgan fingerprint density at radius 3 is 2.71 bits per heavy atom. The van der Waals surface area contributed by atoms with Crippen LogP contribution in [0.3, 0.4) is 0 Å². The average molecular weight is 564 g/mol. The van der Waals surface area contributed by atoms with Crippen LogP contribution in [0.5, 0.6) is 5.75 Å². The van der Waals surface area contributed by atoms with Gasteiger partial charge in [-0.15, -0.1) is 0 Å². The van der Waals surface area contributed by atoms with Gasteiger partial charge < -0.3 is 24.4 Å². The Morgan fingerprint density at radius 1 is 1.05 bits per heavy atom. The van der Waals surface area contributed by atoms with Crippen LogP contribution in [0.4, 0.5) is 16.2 Å². The number of rotatable bonds is 11. The maximum Gasteiger partial charge on any atom is 0.410 e. The molecular formula is C28H36Cl2N4O4. The third-order valence-electron chi connectivity index (χ3n) is 6.63. The van der Waals surface area contributed by atoms with Gasteiger partial charge in [-0.2, -0.15) is 0 Å². The Labute approximate surface area is 234 Å². The number of hydrogen-bond acceptors (Lipinski definition) is 7. The predicted molar refractivity (Wildman–Crippen MR) is 152 cm³/mol.